The third-order valence-corrected chi connectivity index (χ3v) is 3.57. The molecule has 3 N–H and O–H groups in total. The van der Waals surface area contributed by atoms with Crippen molar-refractivity contribution >= 4 is 5.91 Å². The summed E-state index contributed by atoms with van der Waals surface area (Å²) >= 11 is 0. The number of aromatic nitrogens is 2. The van der Waals surface area contributed by atoms with Gasteiger partial charge in [0.15, 0.2) is 0 Å². The molecule has 3 rings (SSSR count). The zero-order chi connectivity index (χ0) is 16.2. The van der Waals surface area contributed by atoms with Gasteiger partial charge in [-0.15, -0.1) is 0 Å². The van der Waals surface area contributed by atoms with E-state index in [1.54, 1.807) is 0 Å². The summed E-state index contributed by atoms with van der Waals surface area (Å²) in [6, 6.07) is 17.5. The average Bonchev–Trinajstić information content (AvgIpc) is 2.99. The second-order valence-electron chi connectivity index (χ2n) is 5.42. The van der Waals surface area contributed by atoms with Gasteiger partial charge in [-0.3, -0.25) is 19.8 Å². The topological polar surface area (TPSA) is 77.8 Å². The molecule has 0 aliphatic heterocycles. The van der Waals surface area contributed by atoms with Gasteiger partial charge in [-0.25, -0.2) is 0 Å². The van der Waals surface area contributed by atoms with Crippen LogP contribution in [0.1, 0.15) is 21.6 Å². The smallest absolute Gasteiger partial charge is 0.269 e. The number of rotatable bonds is 4. The van der Waals surface area contributed by atoms with E-state index in [4.69, 9.17) is 0 Å². The van der Waals surface area contributed by atoms with E-state index < -0.39 is 0 Å². The number of benzene rings is 2. The summed E-state index contributed by atoms with van der Waals surface area (Å²) in [7, 11) is 0. The van der Waals surface area contributed by atoms with E-state index in [9.17, 15) is 9.59 Å². The molecule has 0 aliphatic rings. The van der Waals surface area contributed by atoms with Gasteiger partial charge in [0.05, 0.1) is 0 Å². The van der Waals surface area contributed by atoms with Crippen molar-refractivity contribution in [3.8, 4) is 11.1 Å². The van der Waals surface area contributed by atoms with E-state index in [0.717, 1.165) is 16.7 Å². The van der Waals surface area contributed by atoms with E-state index >= 15 is 0 Å². The summed E-state index contributed by atoms with van der Waals surface area (Å²) in [5, 5.41) is 7.67. The minimum atomic E-state index is -0.323. The number of carbonyl (C=O) groups excluding carboxylic acids is 1. The minimum absolute atomic E-state index is 0.227. The molecule has 0 saturated carbocycles. The summed E-state index contributed by atoms with van der Waals surface area (Å²) < 4.78 is 0. The highest BCUT2D eigenvalue weighted by atomic mass is 16.2. The predicted molar refractivity (Wildman–Crippen MR) is 89.2 cm³/mol. The maximum absolute atomic E-state index is 11.9. The Balaban J connectivity index is 1.73. The van der Waals surface area contributed by atoms with Gasteiger partial charge in [0.1, 0.15) is 5.69 Å². The molecule has 116 valence electrons. The van der Waals surface area contributed by atoms with Gasteiger partial charge >= 0.3 is 0 Å². The van der Waals surface area contributed by atoms with Gasteiger partial charge in [0.25, 0.3) is 11.5 Å². The molecule has 0 saturated heterocycles. The third kappa shape index (κ3) is 3.58. The van der Waals surface area contributed by atoms with Crippen molar-refractivity contribution in [2.45, 2.75) is 13.5 Å². The minimum Gasteiger partial charge on any atom is -0.347 e. The SMILES string of the molecule is Cc1cccc(-c2cccc(CNC(=O)c3cc(=O)[nH][nH]3)c2)c1. The molecule has 0 bridgehead atoms. The molecule has 0 aliphatic carbocycles. The van der Waals surface area contributed by atoms with Crippen LogP contribution in [0.25, 0.3) is 11.1 Å². The van der Waals surface area contributed by atoms with Crippen molar-refractivity contribution in [1.82, 2.24) is 15.5 Å². The highest BCUT2D eigenvalue weighted by Crippen LogP contribution is 2.21. The lowest BCUT2D eigenvalue weighted by molar-refractivity contribution is 0.0946. The largest absolute Gasteiger partial charge is 0.347 e. The summed E-state index contributed by atoms with van der Waals surface area (Å²) in [6.07, 6.45) is 0. The summed E-state index contributed by atoms with van der Waals surface area (Å²) in [5.41, 5.74) is 4.36. The molecule has 0 unspecified atom stereocenters. The number of hydrogen-bond donors (Lipinski definition) is 3. The van der Waals surface area contributed by atoms with Crippen LogP contribution in [0.5, 0.6) is 0 Å². The fourth-order valence-corrected chi connectivity index (χ4v) is 2.42. The molecule has 2 aromatic carbocycles. The standard InChI is InChI=1S/C18H17N3O2/c1-12-4-2-6-14(8-12)15-7-3-5-13(9-15)11-19-18(23)16-10-17(22)21-20-16/h2-10H,11H2,1H3,(H,19,23)(H2,20,21,22). The van der Waals surface area contributed by atoms with Crippen LogP contribution in [0.2, 0.25) is 0 Å². The number of H-pyrrole nitrogens is 2. The lowest BCUT2D eigenvalue weighted by Gasteiger charge is -2.07. The van der Waals surface area contributed by atoms with E-state index in [2.05, 4.69) is 46.7 Å². The lowest BCUT2D eigenvalue weighted by atomic mass is 10.0. The maximum atomic E-state index is 11.9. The average molecular weight is 307 g/mol. The van der Waals surface area contributed by atoms with Crippen LogP contribution in [0, 0.1) is 6.92 Å². The zero-order valence-electron chi connectivity index (χ0n) is 12.7. The predicted octanol–water partition coefficient (Wildman–Crippen LogP) is 2.61. The molecule has 0 spiro atoms. The molecule has 3 aromatic rings. The first kappa shape index (κ1) is 14.8. The molecule has 0 radical (unpaired) electrons. The Morgan fingerprint density at radius 2 is 1.74 bits per heavy atom. The van der Waals surface area contributed by atoms with Crippen molar-refractivity contribution in [2.24, 2.45) is 0 Å². The van der Waals surface area contributed by atoms with Crippen molar-refractivity contribution < 1.29 is 4.79 Å². The molecule has 0 fully saturated rings. The van der Waals surface area contributed by atoms with Gasteiger partial charge in [0, 0.05) is 12.6 Å². The Morgan fingerprint density at radius 1 is 1.00 bits per heavy atom. The molecule has 5 nitrogen and oxygen atoms in total. The molecular formula is C18H17N3O2. The van der Waals surface area contributed by atoms with E-state index in [1.807, 2.05) is 24.3 Å². The molecule has 23 heavy (non-hydrogen) atoms. The molecule has 1 aromatic heterocycles. The number of hydrogen-bond acceptors (Lipinski definition) is 2. The highest BCUT2D eigenvalue weighted by Gasteiger charge is 2.08. The van der Waals surface area contributed by atoms with E-state index in [0.29, 0.717) is 6.54 Å². The Bertz CT molecular complexity index is 893. The van der Waals surface area contributed by atoms with Crippen LogP contribution in [0.3, 0.4) is 0 Å². The van der Waals surface area contributed by atoms with Gasteiger partial charge in [0.2, 0.25) is 0 Å². The van der Waals surface area contributed by atoms with Gasteiger partial charge in [-0.1, -0.05) is 48.0 Å². The van der Waals surface area contributed by atoms with Crippen molar-refractivity contribution in [2.75, 3.05) is 0 Å². The molecule has 1 amide bonds. The number of carbonyl (C=O) groups is 1. The summed E-state index contributed by atoms with van der Waals surface area (Å²) in [4.78, 5) is 23.0. The fraction of sp³-hybridized carbons (Fsp3) is 0.111. The van der Waals surface area contributed by atoms with Crippen LogP contribution in [0.15, 0.2) is 59.4 Å². The van der Waals surface area contributed by atoms with E-state index in [-0.39, 0.29) is 17.2 Å². The van der Waals surface area contributed by atoms with Crippen molar-refractivity contribution in [1.29, 1.82) is 0 Å². The summed E-state index contributed by atoms with van der Waals surface area (Å²) in [5.74, 6) is -0.315. The normalized spacial score (nSPS) is 10.5. The van der Waals surface area contributed by atoms with Crippen LogP contribution in [-0.2, 0) is 6.54 Å². The summed E-state index contributed by atoms with van der Waals surface area (Å²) in [6.45, 7) is 2.46. The van der Waals surface area contributed by atoms with Crippen LogP contribution < -0.4 is 10.9 Å². The third-order valence-electron chi connectivity index (χ3n) is 3.57. The number of aryl methyl sites for hydroxylation is 1. The zero-order valence-corrected chi connectivity index (χ0v) is 12.7. The lowest BCUT2D eigenvalue weighted by Crippen LogP contribution is -2.23. The second-order valence-corrected chi connectivity index (χ2v) is 5.42. The quantitative estimate of drug-likeness (QED) is 0.693. The van der Waals surface area contributed by atoms with Crippen LogP contribution in [0.4, 0.5) is 0 Å². The van der Waals surface area contributed by atoms with Gasteiger partial charge in [-0.05, 0) is 29.7 Å². The first-order valence-electron chi connectivity index (χ1n) is 7.34. The molecule has 1 heterocycles. The van der Waals surface area contributed by atoms with Crippen molar-refractivity contribution in [3.63, 3.8) is 0 Å². The highest BCUT2D eigenvalue weighted by molar-refractivity contribution is 5.92. The van der Waals surface area contributed by atoms with Crippen molar-refractivity contribution in [3.05, 3.63) is 81.8 Å². The Morgan fingerprint density at radius 3 is 2.43 bits per heavy atom. The Labute approximate surface area is 133 Å². The Hall–Kier alpha value is -3.08. The first-order chi connectivity index (χ1) is 11.1. The van der Waals surface area contributed by atoms with Crippen LogP contribution >= 0.6 is 0 Å². The monoisotopic (exact) mass is 307 g/mol. The fourth-order valence-electron chi connectivity index (χ4n) is 2.42. The molecule has 5 heteroatoms. The van der Waals surface area contributed by atoms with E-state index in [1.165, 1.54) is 11.6 Å². The Kier molecular flexibility index (Phi) is 4.10. The molecular weight excluding hydrogens is 290 g/mol. The first-order valence-corrected chi connectivity index (χ1v) is 7.34. The number of amides is 1. The molecule has 0 atom stereocenters. The number of nitrogens with one attached hydrogen (secondary N) is 3. The van der Waals surface area contributed by atoms with Crippen LogP contribution in [-0.4, -0.2) is 16.1 Å². The maximum Gasteiger partial charge on any atom is 0.269 e. The second kappa shape index (κ2) is 6.36. The number of aromatic amines is 2. The van der Waals surface area contributed by atoms with Gasteiger partial charge in [-0.2, -0.15) is 0 Å². The van der Waals surface area contributed by atoms with Gasteiger partial charge < -0.3 is 5.32 Å².